The van der Waals surface area contributed by atoms with Crippen LogP contribution in [0.1, 0.15) is 64.3 Å². The average molecular weight is 467 g/mol. The van der Waals surface area contributed by atoms with Gasteiger partial charge in [0.05, 0.1) is 0 Å². The van der Waals surface area contributed by atoms with Crippen molar-refractivity contribution in [3.05, 3.63) is 113 Å². The number of ether oxygens (including phenoxy) is 2. The minimum Gasteiger partial charge on any atom is -0.489 e. The van der Waals surface area contributed by atoms with E-state index in [0.29, 0.717) is 19.4 Å². The number of H-pyrrole nitrogens is 1. The highest BCUT2D eigenvalue weighted by atomic mass is 16.5. The topological polar surface area (TPSA) is 64.2 Å². The first-order valence-corrected chi connectivity index (χ1v) is 12.3. The number of ketones is 1. The summed E-state index contributed by atoms with van der Waals surface area (Å²) in [6.45, 7) is 2.48. The molecule has 0 saturated heterocycles. The van der Waals surface area contributed by atoms with Gasteiger partial charge in [-0.25, -0.2) is 4.98 Å². The molecular formula is C30H30N2O3. The summed E-state index contributed by atoms with van der Waals surface area (Å²) in [6, 6.07) is 22.2. The molecule has 0 bridgehead atoms. The van der Waals surface area contributed by atoms with Crippen molar-refractivity contribution in [2.45, 2.75) is 51.7 Å². The summed E-state index contributed by atoms with van der Waals surface area (Å²) in [5.41, 5.74) is 5.10. The van der Waals surface area contributed by atoms with Crippen molar-refractivity contribution in [2.24, 2.45) is 0 Å². The molecule has 178 valence electrons. The zero-order valence-corrected chi connectivity index (χ0v) is 20.0. The number of nitrogens with one attached hydrogen (secondary N) is 1. The van der Waals surface area contributed by atoms with Crippen molar-refractivity contribution in [3.8, 4) is 11.5 Å². The summed E-state index contributed by atoms with van der Waals surface area (Å²) in [6.07, 6.45) is 7.19. The Morgan fingerprint density at radius 1 is 1.03 bits per heavy atom. The van der Waals surface area contributed by atoms with Crippen LogP contribution in [-0.2, 0) is 25.9 Å². The number of Topliss-reactive ketones (excluding diaryl/α,β-unsaturated/α-hetero) is 1. The summed E-state index contributed by atoms with van der Waals surface area (Å²) in [4.78, 5) is 20.3. The van der Waals surface area contributed by atoms with E-state index in [1.165, 1.54) is 5.56 Å². The molecule has 0 aliphatic heterocycles. The van der Waals surface area contributed by atoms with Gasteiger partial charge in [-0.3, -0.25) is 4.79 Å². The van der Waals surface area contributed by atoms with E-state index in [1.807, 2.05) is 48.7 Å². The lowest BCUT2D eigenvalue weighted by molar-refractivity contribution is 0.0971. The highest BCUT2D eigenvalue weighted by Crippen LogP contribution is 2.35. The van der Waals surface area contributed by atoms with Crippen LogP contribution in [0.3, 0.4) is 0 Å². The van der Waals surface area contributed by atoms with Gasteiger partial charge < -0.3 is 14.5 Å². The van der Waals surface area contributed by atoms with Crippen LogP contribution < -0.4 is 9.47 Å². The van der Waals surface area contributed by atoms with Gasteiger partial charge in [0, 0.05) is 36.4 Å². The molecule has 1 aliphatic carbocycles. The van der Waals surface area contributed by atoms with Crippen LogP contribution in [0.2, 0.25) is 0 Å². The summed E-state index contributed by atoms with van der Waals surface area (Å²) >= 11 is 0. The Morgan fingerprint density at radius 2 is 1.91 bits per heavy atom. The van der Waals surface area contributed by atoms with Gasteiger partial charge in [0.1, 0.15) is 30.0 Å². The molecule has 0 saturated carbocycles. The van der Waals surface area contributed by atoms with Gasteiger partial charge >= 0.3 is 0 Å². The summed E-state index contributed by atoms with van der Waals surface area (Å²) in [7, 11) is 0. The number of aromatic nitrogens is 2. The van der Waals surface area contributed by atoms with Crippen LogP contribution in [0.4, 0.5) is 0 Å². The van der Waals surface area contributed by atoms with Gasteiger partial charge in [-0.15, -0.1) is 0 Å². The van der Waals surface area contributed by atoms with E-state index < -0.39 is 0 Å². The second-order valence-corrected chi connectivity index (χ2v) is 8.89. The van der Waals surface area contributed by atoms with Crippen LogP contribution in [0.25, 0.3) is 0 Å². The van der Waals surface area contributed by atoms with Crippen molar-refractivity contribution < 1.29 is 14.3 Å². The minimum atomic E-state index is -0.234. The number of carbonyl (C=O) groups is 1. The molecule has 35 heavy (non-hydrogen) atoms. The van der Waals surface area contributed by atoms with Gasteiger partial charge in [0.25, 0.3) is 0 Å². The van der Waals surface area contributed by atoms with Crippen LogP contribution in [0, 0.1) is 0 Å². The lowest BCUT2D eigenvalue weighted by Gasteiger charge is -2.25. The van der Waals surface area contributed by atoms with Gasteiger partial charge in [-0.1, -0.05) is 49.4 Å². The minimum absolute atomic E-state index is 0.197. The second-order valence-electron chi connectivity index (χ2n) is 8.89. The molecule has 1 N–H and O–H groups in total. The van der Waals surface area contributed by atoms with Crippen molar-refractivity contribution in [2.75, 3.05) is 0 Å². The van der Waals surface area contributed by atoms with E-state index in [9.17, 15) is 4.79 Å². The van der Waals surface area contributed by atoms with Crippen LogP contribution in [0.5, 0.6) is 11.5 Å². The monoisotopic (exact) mass is 466 g/mol. The number of rotatable bonds is 9. The second kappa shape index (κ2) is 10.6. The predicted molar refractivity (Wildman–Crippen MR) is 136 cm³/mol. The fraction of sp³-hybridized carbons (Fsp3) is 0.267. The maximum absolute atomic E-state index is 12.7. The van der Waals surface area contributed by atoms with Crippen molar-refractivity contribution >= 4 is 5.78 Å². The maximum Gasteiger partial charge on any atom is 0.163 e. The molecule has 0 fully saturated rings. The number of hydrogen-bond donors (Lipinski definition) is 1. The van der Waals surface area contributed by atoms with E-state index in [-0.39, 0.29) is 11.9 Å². The highest BCUT2D eigenvalue weighted by molar-refractivity contribution is 5.99. The molecule has 5 heteroatoms. The predicted octanol–water partition coefficient (Wildman–Crippen LogP) is 6.43. The standard InChI is InChI=1S/C30H30N2O3/c1-2-21-8-6-11-23(18-21)34-20-26-24-12-7-13-27(33)25(24)14-15-28(26)35-29(19-30-31-16-17-32-30)22-9-4-3-5-10-22/h3-6,8-11,14-18,29H,2,7,12-13,19-20H2,1H3,(H,31,32)/t29-/m0/s1. The zero-order chi connectivity index (χ0) is 24.0. The smallest absolute Gasteiger partial charge is 0.163 e. The molecule has 1 aliphatic rings. The molecule has 1 heterocycles. The third kappa shape index (κ3) is 5.29. The van der Waals surface area contributed by atoms with E-state index in [2.05, 4.69) is 41.2 Å². The number of fused-ring (bicyclic) bond motifs is 1. The van der Waals surface area contributed by atoms with Gasteiger partial charge in [0.2, 0.25) is 0 Å². The number of nitrogens with zero attached hydrogens (tertiary/aromatic N) is 1. The molecule has 0 spiro atoms. The number of aromatic amines is 1. The fourth-order valence-corrected chi connectivity index (χ4v) is 4.69. The molecule has 1 aromatic heterocycles. The number of carbonyl (C=O) groups excluding carboxylic acids is 1. The lowest BCUT2D eigenvalue weighted by Crippen LogP contribution is -2.18. The van der Waals surface area contributed by atoms with Crippen molar-refractivity contribution in [1.82, 2.24) is 9.97 Å². The van der Waals surface area contributed by atoms with Gasteiger partial charge in [-0.05, 0) is 60.2 Å². The first kappa shape index (κ1) is 22.9. The molecule has 0 radical (unpaired) electrons. The first-order valence-electron chi connectivity index (χ1n) is 12.3. The molecule has 5 rings (SSSR count). The number of aryl methyl sites for hydroxylation is 1. The zero-order valence-electron chi connectivity index (χ0n) is 20.0. The van der Waals surface area contributed by atoms with Crippen LogP contribution in [0.15, 0.2) is 79.1 Å². The number of imidazole rings is 1. The van der Waals surface area contributed by atoms with Gasteiger partial charge in [-0.2, -0.15) is 0 Å². The lowest BCUT2D eigenvalue weighted by atomic mass is 9.87. The molecule has 3 aromatic carbocycles. The number of benzene rings is 3. The Morgan fingerprint density at radius 3 is 2.71 bits per heavy atom. The normalized spacial score (nSPS) is 13.8. The van der Waals surface area contributed by atoms with Crippen molar-refractivity contribution in [3.63, 3.8) is 0 Å². The summed E-state index contributed by atoms with van der Waals surface area (Å²) in [5.74, 6) is 2.64. The molecule has 5 nitrogen and oxygen atoms in total. The molecule has 1 atom stereocenters. The van der Waals surface area contributed by atoms with Crippen LogP contribution >= 0.6 is 0 Å². The average Bonchev–Trinajstić information content (AvgIpc) is 3.41. The van der Waals surface area contributed by atoms with Crippen LogP contribution in [-0.4, -0.2) is 15.8 Å². The first-order chi connectivity index (χ1) is 17.2. The van der Waals surface area contributed by atoms with Gasteiger partial charge in [0.15, 0.2) is 5.78 Å². The molecule has 0 unspecified atom stereocenters. The Balaban J connectivity index is 1.49. The van der Waals surface area contributed by atoms with E-state index in [1.54, 1.807) is 6.20 Å². The molecule has 4 aromatic rings. The maximum atomic E-state index is 12.7. The van der Waals surface area contributed by atoms with E-state index >= 15 is 0 Å². The highest BCUT2D eigenvalue weighted by Gasteiger charge is 2.25. The van der Waals surface area contributed by atoms with Crippen molar-refractivity contribution in [1.29, 1.82) is 0 Å². The molecule has 0 amide bonds. The quantitative estimate of drug-likeness (QED) is 0.309. The molecular weight excluding hydrogens is 436 g/mol. The third-order valence-corrected chi connectivity index (χ3v) is 6.58. The number of hydrogen-bond acceptors (Lipinski definition) is 4. The van der Waals surface area contributed by atoms with E-state index in [4.69, 9.17) is 9.47 Å². The SMILES string of the molecule is CCc1cccc(OCc2c(O[C@@H](Cc3ncc[nH]3)c3ccccc3)ccc3c2CCCC3=O)c1. The Kier molecular flexibility index (Phi) is 6.94. The summed E-state index contributed by atoms with van der Waals surface area (Å²) < 4.78 is 12.9. The van der Waals surface area contributed by atoms with E-state index in [0.717, 1.165) is 58.8 Å². The largest absolute Gasteiger partial charge is 0.489 e. The summed E-state index contributed by atoms with van der Waals surface area (Å²) in [5, 5.41) is 0. The fourth-order valence-electron chi connectivity index (χ4n) is 4.69. The Labute approximate surface area is 206 Å². The Bertz CT molecular complexity index is 1280. The third-order valence-electron chi connectivity index (χ3n) is 6.58. The Hall–Kier alpha value is -3.86.